The molecule has 4 N–H and O–H groups in total. The van der Waals surface area contributed by atoms with E-state index in [-0.39, 0.29) is 57.3 Å². The summed E-state index contributed by atoms with van der Waals surface area (Å²) in [6, 6.07) is 12.0. The van der Waals surface area contributed by atoms with Crippen LogP contribution in [-0.2, 0) is 29.5 Å². The molecule has 4 aromatic rings. The first-order valence-corrected chi connectivity index (χ1v) is 15.7. The quantitative estimate of drug-likeness (QED) is 0.177. The zero-order chi connectivity index (χ0) is 37.0. The lowest BCUT2D eigenvalue weighted by Crippen LogP contribution is -2.57. The van der Waals surface area contributed by atoms with Crippen LogP contribution in [0.15, 0.2) is 54.6 Å². The maximum Gasteiger partial charge on any atom is 0.422 e. The number of rotatable bonds is 8. The van der Waals surface area contributed by atoms with Gasteiger partial charge in [0.15, 0.2) is 17.5 Å². The molecule has 2 aliphatic heterocycles. The summed E-state index contributed by atoms with van der Waals surface area (Å²) >= 11 is 0.715. The van der Waals surface area contributed by atoms with Crippen LogP contribution in [0.3, 0.4) is 0 Å². The fourth-order valence-electron chi connectivity index (χ4n) is 5.56. The highest BCUT2D eigenvalue weighted by atomic mass is 32.1. The summed E-state index contributed by atoms with van der Waals surface area (Å²) in [6.45, 7) is 0.953. The Morgan fingerprint density at radius 1 is 1.06 bits per heavy atom. The number of alkyl halides is 3. The van der Waals surface area contributed by atoms with E-state index in [0.29, 0.717) is 18.5 Å². The van der Waals surface area contributed by atoms with E-state index in [1.54, 1.807) is 12.1 Å². The molecule has 51 heavy (non-hydrogen) atoms. The zero-order valence-corrected chi connectivity index (χ0v) is 27.2. The first-order chi connectivity index (χ1) is 24.0. The van der Waals surface area contributed by atoms with Crippen LogP contribution in [0.5, 0.6) is 0 Å². The fourth-order valence-corrected chi connectivity index (χ4v) is 6.48. The number of hydrogen-bond donors (Lipinski definition) is 3. The van der Waals surface area contributed by atoms with Gasteiger partial charge in [0.25, 0.3) is 29.5 Å². The van der Waals surface area contributed by atoms with Gasteiger partial charge < -0.3 is 25.6 Å². The molecule has 1 fully saturated rings. The van der Waals surface area contributed by atoms with Gasteiger partial charge in [-0.3, -0.25) is 33.7 Å². The van der Waals surface area contributed by atoms with Gasteiger partial charge in [-0.1, -0.05) is 18.2 Å². The van der Waals surface area contributed by atoms with E-state index in [1.165, 1.54) is 30.3 Å². The predicted molar refractivity (Wildman–Crippen MR) is 172 cm³/mol. The van der Waals surface area contributed by atoms with Crippen molar-refractivity contribution in [1.82, 2.24) is 9.36 Å². The van der Waals surface area contributed by atoms with Crippen LogP contribution in [-0.4, -0.2) is 81.5 Å². The number of amides is 5. The van der Waals surface area contributed by atoms with Crippen LogP contribution in [0, 0.1) is 0 Å². The molecule has 3 atom stereocenters. The fraction of sp³-hybridized carbons (Fsp3) is 0.250. The van der Waals surface area contributed by atoms with E-state index in [9.17, 15) is 47.0 Å². The van der Waals surface area contributed by atoms with Crippen LogP contribution < -0.4 is 20.9 Å². The average molecular weight is 727 g/mol. The van der Waals surface area contributed by atoms with E-state index < -0.39 is 65.2 Å². The minimum absolute atomic E-state index is 0.0740. The maximum atomic E-state index is 13.7. The van der Waals surface area contributed by atoms with E-state index >= 15 is 0 Å². The van der Waals surface area contributed by atoms with Crippen LogP contribution in [0.4, 0.5) is 30.5 Å². The number of ether oxygens (including phenoxy) is 2. The molecular weight excluding hydrogens is 701 g/mol. The first kappa shape index (κ1) is 35.1. The molecule has 1 unspecified atom stereocenters. The van der Waals surface area contributed by atoms with Gasteiger partial charge in [-0.05, 0) is 54.9 Å². The third kappa shape index (κ3) is 6.04. The second-order valence-electron chi connectivity index (χ2n) is 11.5. The molecule has 2 aromatic carbocycles. The molecule has 0 aliphatic carbocycles. The van der Waals surface area contributed by atoms with E-state index in [2.05, 4.69) is 14.7 Å². The van der Waals surface area contributed by atoms with Gasteiger partial charge in [0.1, 0.15) is 5.82 Å². The van der Waals surface area contributed by atoms with Crippen molar-refractivity contribution in [3.8, 4) is 0 Å². The molecule has 0 spiro atoms. The maximum absolute atomic E-state index is 13.7. The number of morpholine rings is 1. The Bertz CT molecular complexity index is 2120. The molecule has 2 aromatic heterocycles. The van der Waals surface area contributed by atoms with Crippen LogP contribution in [0.1, 0.15) is 50.6 Å². The molecule has 0 bridgehead atoms. The number of nitrogens with two attached hydrogens (primary N) is 1. The molecule has 0 radical (unpaired) electrons. The molecule has 264 valence electrons. The molecule has 2 aliphatic rings. The van der Waals surface area contributed by atoms with Gasteiger partial charge in [0.05, 0.1) is 45.9 Å². The van der Waals surface area contributed by atoms with Crippen LogP contribution >= 0.6 is 11.5 Å². The van der Waals surface area contributed by atoms with Crippen molar-refractivity contribution in [3.05, 3.63) is 77.0 Å². The van der Waals surface area contributed by atoms with Crippen molar-refractivity contribution in [1.29, 1.82) is 0 Å². The molecule has 0 saturated carbocycles. The summed E-state index contributed by atoms with van der Waals surface area (Å²) in [5.74, 6) is -5.88. The number of benzene rings is 2. The van der Waals surface area contributed by atoms with Gasteiger partial charge in [0, 0.05) is 12.3 Å². The third-order valence-electron chi connectivity index (χ3n) is 8.14. The predicted octanol–water partition coefficient (Wildman–Crippen LogP) is 2.66. The number of aliphatic hydroxyl groups is 1. The number of halogens is 3. The number of imide groups is 1. The highest BCUT2D eigenvalue weighted by molar-refractivity contribution is 7.14. The topological polar surface area (TPSA) is 211 Å². The SMILES string of the molecule is CC(=O)O[C@@H](C(=O)Nc1ccc2c(N3C(=O)c4ccccc4C3=O)nsc2c1C(N)=O)[C@H]1OCCN(c2cccc(C(C)(O)C(F)(F)F)n2)C1=O. The van der Waals surface area contributed by atoms with Gasteiger partial charge in [-0.25, -0.2) is 9.88 Å². The van der Waals surface area contributed by atoms with Crippen molar-refractivity contribution in [2.75, 3.05) is 28.3 Å². The van der Waals surface area contributed by atoms with Crippen molar-refractivity contribution >= 4 is 74.4 Å². The largest absolute Gasteiger partial charge is 0.449 e. The van der Waals surface area contributed by atoms with E-state index in [0.717, 1.165) is 28.9 Å². The summed E-state index contributed by atoms with van der Waals surface area (Å²) in [7, 11) is 0. The van der Waals surface area contributed by atoms with Gasteiger partial charge >= 0.3 is 12.1 Å². The highest BCUT2D eigenvalue weighted by Gasteiger charge is 2.53. The Labute approximate surface area is 288 Å². The summed E-state index contributed by atoms with van der Waals surface area (Å²) in [5, 5.41) is 12.7. The molecular formula is C32H25F3N6O9S. The number of primary amides is 1. The summed E-state index contributed by atoms with van der Waals surface area (Å²) in [5.41, 5.74) is 1.36. The molecule has 4 heterocycles. The van der Waals surface area contributed by atoms with Crippen LogP contribution in [0.25, 0.3) is 10.1 Å². The zero-order valence-electron chi connectivity index (χ0n) is 26.4. The standard InChI is InChI=1S/C32H25F3N6O9S/c1-14(42)50-22(23-30(47)40(12-13-49-23)20-9-5-8-19(38-20)31(2,48)32(33,34)35)27(44)37-18-11-10-17-24(21(18)25(36)43)51-39-26(17)41-28(45)15-6-3-4-7-16(15)29(41)46/h3-11,22-23,48H,12-13H2,1-2H3,(H2,36,43)(H,37,44)/t22-,23-,31?/m1/s1. The number of fused-ring (bicyclic) bond motifs is 2. The third-order valence-corrected chi connectivity index (χ3v) is 9.01. The molecule has 15 nitrogen and oxygen atoms in total. The number of anilines is 3. The minimum atomic E-state index is -5.10. The number of carbonyl (C=O) groups is 6. The van der Waals surface area contributed by atoms with Crippen molar-refractivity contribution in [3.63, 3.8) is 0 Å². The van der Waals surface area contributed by atoms with E-state index in [1.807, 2.05) is 0 Å². The van der Waals surface area contributed by atoms with Crippen molar-refractivity contribution < 1.29 is 56.5 Å². The lowest BCUT2D eigenvalue weighted by Gasteiger charge is -2.35. The van der Waals surface area contributed by atoms with Gasteiger partial charge in [-0.2, -0.15) is 17.5 Å². The smallest absolute Gasteiger partial charge is 0.422 e. The second kappa shape index (κ2) is 12.8. The number of nitrogens with zero attached hydrogens (tertiary/aromatic N) is 4. The van der Waals surface area contributed by atoms with Crippen molar-refractivity contribution in [2.24, 2.45) is 5.73 Å². The average Bonchev–Trinajstić information content (AvgIpc) is 3.60. The molecule has 1 saturated heterocycles. The number of aromatic nitrogens is 2. The van der Waals surface area contributed by atoms with Crippen molar-refractivity contribution in [2.45, 2.75) is 37.8 Å². The first-order valence-electron chi connectivity index (χ1n) is 14.9. The number of pyridine rings is 1. The van der Waals surface area contributed by atoms with Crippen LogP contribution in [0.2, 0.25) is 0 Å². The number of hydrogen-bond acceptors (Lipinski definition) is 12. The molecule has 5 amide bonds. The minimum Gasteiger partial charge on any atom is -0.449 e. The summed E-state index contributed by atoms with van der Waals surface area (Å²) in [4.78, 5) is 84.0. The Kier molecular flexibility index (Phi) is 8.82. The lowest BCUT2D eigenvalue weighted by atomic mass is 10.0. The van der Waals surface area contributed by atoms with E-state index in [4.69, 9.17) is 15.2 Å². The number of nitrogens with one attached hydrogen (secondary N) is 1. The Morgan fingerprint density at radius 2 is 1.73 bits per heavy atom. The molecule has 6 rings (SSSR count). The number of esters is 1. The van der Waals surface area contributed by atoms with Gasteiger partial charge in [-0.15, -0.1) is 0 Å². The molecule has 19 heteroatoms. The normalized spacial score (nSPS) is 18.0. The monoisotopic (exact) mass is 726 g/mol. The number of carbonyl (C=O) groups excluding carboxylic acids is 6. The Balaban J connectivity index is 1.30. The Morgan fingerprint density at radius 3 is 2.33 bits per heavy atom. The Hall–Kier alpha value is -5.79. The second-order valence-corrected chi connectivity index (χ2v) is 12.3. The summed E-state index contributed by atoms with van der Waals surface area (Å²) in [6.07, 6.45) is -8.93. The lowest BCUT2D eigenvalue weighted by molar-refractivity contribution is -0.260. The van der Waals surface area contributed by atoms with Gasteiger partial charge in [0.2, 0.25) is 6.10 Å². The summed E-state index contributed by atoms with van der Waals surface area (Å²) < 4.78 is 55.5. The highest BCUT2D eigenvalue weighted by Crippen LogP contribution is 2.40.